The standard InChI is InChI=1S/C55H83N15O16S3/c1-27(2)18-36(46(77)61-22-43(75)62-41(25-87)51(82)63-35(54(85)86)15-17-89-4)65-49(80)39(23-71)67-47(78)37(19-29-11-13-31(74)14-12-29)66-53(84)44(28(3)73)70-50(81)40(24-72)68-52(83)42(26-88)69-48(79)38(20-30-21-60-34-10-6-5-8-32(30)34)64-45(76)33(56)9-7-16-59-55(57)58/h5-6,8,10-14,21,27-28,33,35-42,44,60,71-74,87-88H,7,9,15-20,22-26,56H2,1-4H3,(H,61,77)(H,62,75)(H,63,82)(H,64,76)(H,65,80)(H,66,84)(H,67,78)(H,68,83)(H,69,79)(H,70,81)(H,85,86)(H4,57,58,59)/t28-,33+,35+,36+,37+,38+,39+,40+,41+,42+,44+/m1/s1. The number of rotatable bonds is 39. The molecule has 0 bridgehead atoms. The molecule has 0 aliphatic rings. The number of nitrogens with one attached hydrogen (secondary N) is 11. The molecule has 11 atom stereocenters. The minimum Gasteiger partial charge on any atom is -0.508 e. The number of fused-ring (bicyclic) bond motifs is 1. The van der Waals surface area contributed by atoms with E-state index >= 15 is 0 Å². The number of nitrogens with zero attached hydrogens (tertiary/aromatic N) is 1. The van der Waals surface area contributed by atoms with Gasteiger partial charge in [0.15, 0.2) is 5.96 Å². The third kappa shape index (κ3) is 25.6. The molecule has 2 aromatic carbocycles. The molecule has 3 aromatic rings. The number of aliphatic hydroxyl groups is 3. The number of aliphatic imine (C=N–C) groups is 1. The van der Waals surface area contributed by atoms with Crippen LogP contribution in [-0.2, 0) is 65.6 Å². The van der Waals surface area contributed by atoms with E-state index in [4.69, 9.17) is 17.2 Å². The fourth-order valence-corrected chi connectivity index (χ4v) is 9.51. The number of aromatic amines is 1. The van der Waals surface area contributed by atoms with Crippen LogP contribution in [0.5, 0.6) is 5.75 Å². The first-order chi connectivity index (χ1) is 42.2. The zero-order chi connectivity index (χ0) is 66.5. The van der Waals surface area contributed by atoms with Gasteiger partial charge in [-0.05, 0) is 79.9 Å². The van der Waals surface area contributed by atoms with E-state index in [0.717, 1.165) is 17.8 Å². The molecule has 0 spiro atoms. The normalized spacial score (nSPS) is 14.9. The Morgan fingerprint density at radius 3 is 1.67 bits per heavy atom. The van der Waals surface area contributed by atoms with Crippen molar-refractivity contribution in [2.75, 3.05) is 49.8 Å². The number of thioether (sulfide) groups is 1. The van der Waals surface area contributed by atoms with Crippen LogP contribution >= 0.6 is 37.0 Å². The molecule has 22 N–H and O–H groups in total. The Labute approximate surface area is 528 Å². The quantitative estimate of drug-likeness (QED) is 0.0110. The lowest BCUT2D eigenvalue weighted by Crippen LogP contribution is -2.63. The number of nitrogens with two attached hydrogens (primary N) is 3. The molecule has 0 radical (unpaired) electrons. The summed E-state index contributed by atoms with van der Waals surface area (Å²) in [5, 5.41) is 75.7. The number of aliphatic hydroxyl groups excluding tert-OH is 3. The molecule has 0 fully saturated rings. The number of carbonyl (C=O) groups is 11. The molecule has 0 unspecified atom stereocenters. The van der Waals surface area contributed by atoms with Gasteiger partial charge in [0.2, 0.25) is 59.1 Å². The molecule has 492 valence electrons. The van der Waals surface area contributed by atoms with Crippen LogP contribution in [0.3, 0.4) is 0 Å². The van der Waals surface area contributed by atoms with E-state index in [0.29, 0.717) is 23.3 Å². The Hall–Kier alpha value is -7.89. The molecule has 1 heterocycles. The lowest BCUT2D eigenvalue weighted by atomic mass is 10.0. The van der Waals surface area contributed by atoms with Crippen molar-refractivity contribution < 1.29 is 78.3 Å². The highest BCUT2D eigenvalue weighted by Gasteiger charge is 2.36. The molecule has 10 amide bonds. The van der Waals surface area contributed by atoms with Crippen LogP contribution in [0.1, 0.15) is 57.6 Å². The first-order valence-corrected chi connectivity index (χ1v) is 30.8. The summed E-state index contributed by atoms with van der Waals surface area (Å²) < 4.78 is 0. The maximum absolute atomic E-state index is 14.1. The second-order valence-electron chi connectivity index (χ2n) is 21.0. The molecule has 31 nitrogen and oxygen atoms in total. The summed E-state index contributed by atoms with van der Waals surface area (Å²) >= 11 is 9.67. The number of H-pyrrole nitrogens is 1. The number of para-hydroxylation sites is 1. The number of carboxylic acid groups (broad SMARTS) is 1. The fourth-order valence-electron chi connectivity index (χ4n) is 8.53. The fraction of sp³-hybridized carbons (Fsp3) is 0.527. The van der Waals surface area contributed by atoms with Crippen molar-refractivity contribution in [3.63, 3.8) is 0 Å². The van der Waals surface area contributed by atoms with Crippen LogP contribution in [0.25, 0.3) is 10.9 Å². The van der Waals surface area contributed by atoms with E-state index in [1.54, 1.807) is 50.6 Å². The molecule has 34 heteroatoms. The van der Waals surface area contributed by atoms with Crippen molar-refractivity contribution in [2.24, 2.45) is 28.1 Å². The largest absolute Gasteiger partial charge is 0.508 e. The van der Waals surface area contributed by atoms with E-state index in [2.05, 4.69) is 88.4 Å². The van der Waals surface area contributed by atoms with Crippen LogP contribution in [0.2, 0.25) is 0 Å². The van der Waals surface area contributed by atoms with Crippen molar-refractivity contribution in [1.82, 2.24) is 58.2 Å². The van der Waals surface area contributed by atoms with Crippen molar-refractivity contribution in [1.29, 1.82) is 0 Å². The number of aliphatic carboxylic acids is 1. The second-order valence-corrected chi connectivity index (χ2v) is 22.7. The molecule has 0 aliphatic heterocycles. The smallest absolute Gasteiger partial charge is 0.326 e. The predicted molar refractivity (Wildman–Crippen MR) is 336 cm³/mol. The average Bonchev–Trinajstić information content (AvgIpc) is 2.22. The SMILES string of the molecule is CSCC[C@H](NC(=O)[C@H](CS)NC(=O)CNC(=O)[C@H](CC(C)C)NC(=O)[C@H](CO)NC(=O)[C@H](Cc1ccc(O)cc1)NC(=O)[C@@H](NC(=O)[C@H](CO)NC(=O)[C@H](CS)NC(=O)[C@H](Cc1c[nH]c2ccccc12)NC(=O)[C@@H](N)CCCN=C(N)N)[C@@H](C)O)C(=O)O. The summed E-state index contributed by atoms with van der Waals surface area (Å²) in [6.45, 7) is 1.82. The van der Waals surface area contributed by atoms with Crippen LogP contribution < -0.4 is 70.4 Å². The Kier molecular flexibility index (Phi) is 32.6. The third-order valence-corrected chi connectivity index (χ3v) is 14.8. The molecule has 3 rings (SSSR count). The first kappa shape index (κ1) is 75.4. The number of carbonyl (C=O) groups excluding carboxylic acids is 10. The highest BCUT2D eigenvalue weighted by molar-refractivity contribution is 7.98. The predicted octanol–water partition coefficient (Wildman–Crippen LogP) is -5.37. The summed E-state index contributed by atoms with van der Waals surface area (Å²) in [4.78, 5) is 155. The minimum atomic E-state index is -1.93. The Morgan fingerprint density at radius 2 is 1.12 bits per heavy atom. The van der Waals surface area contributed by atoms with Crippen LogP contribution in [0, 0.1) is 5.92 Å². The number of carboxylic acids is 1. The molecule has 0 saturated carbocycles. The number of amides is 10. The number of benzene rings is 2. The van der Waals surface area contributed by atoms with Gasteiger partial charge < -0.3 is 101 Å². The third-order valence-electron chi connectivity index (χ3n) is 13.4. The van der Waals surface area contributed by atoms with E-state index in [1.807, 2.05) is 0 Å². The topological polar surface area (TPSA) is 515 Å². The summed E-state index contributed by atoms with van der Waals surface area (Å²) in [5.41, 5.74) is 18.6. The Bertz CT molecular complexity index is 2920. The number of phenolic OH excluding ortho intramolecular Hbond substituents is 1. The monoisotopic (exact) mass is 1310 g/mol. The van der Waals surface area contributed by atoms with Gasteiger partial charge in [-0.25, -0.2) is 4.79 Å². The lowest BCUT2D eigenvalue weighted by molar-refractivity contribution is -0.142. The minimum absolute atomic E-state index is 0.0329. The highest BCUT2D eigenvalue weighted by Crippen LogP contribution is 2.20. The zero-order valence-corrected chi connectivity index (χ0v) is 52.1. The average molecular weight is 1310 g/mol. The summed E-state index contributed by atoms with van der Waals surface area (Å²) in [6, 6.07) is -2.63. The number of hydrogen-bond acceptors (Lipinski definition) is 20. The molecule has 1 aromatic heterocycles. The maximum Gasteiger partial charge on any atom is 0.326 e. The van der Waals surface area contributed by atoms with Crippen molar-refractivity contribution >= 4 is 119 Å². The second kappa shape index (κ2) is 38.5. The highest BCUT2D eigenvalue weighted by atomic mass is 32.2. The lowest BCUT2D eigenvalue weighted by Gasteiger charge is -2.28. The molecule has 0 aliphatic carbocycles. The molecule has 0 saturated heterocycles. The van der Waals surface area contributed by atoms with E-state index in [-0.39, 0.29) is 67.8 Å². The van der Waals surface area contributed by atoms with Crippen LogP contribution in [0.15, 0.2) is 59.7 Å². The van der Waals surface area contributed by atoms with Gasteiger partial charge in [0, 0.05) is 48.0 Å². The number of aromatic nitrogens is 1. The molecular formula is C55H83N15O16S3. The van der Waals surface area contributed by atoms with Gasteiger partial charge in [0.25, 0.3) is 0 Å². The molecular weight excluding hydrogens is 1220 g/mol. The van der Waals surface area contributed by atoms with Gasteiger partial charge in [0.1, 0.15) is 60.1 Å². The Morgan fingerprint density at radius 1 is 0.618 bits per heavy atom. The van der Waals surface area contributed by atoms with Gasteiger partial charge in [-0.3, -0.25) is 52.9 Å². The summed E-state index contributed by atoms with van der Waals surface area (Å²) in [5.74, 6) is -11.9. The van der Waals surface area contributed by atoms with E-state index in [9.17, 15) is 78.3 Å². The molecule has 89 heavy (non-hydrogen) atoms. The number of thiol groups is 2. The first-order valence-electron chi connectivity index (χ1n) is 28.1. The van der Waals surface area contributed by atoms with Crippen molar-refractivity contribution in [3.05, 3.63) is 65.9 Å². The van der Waals surface area contributed by atoms with Gasteiger partial charge in [-0.2, -0.15) is 37.0 Å². The number of phenols is 1. The van der Waals surface area contributed by atoms with Gasteiger partial charge in [0.05, 0.1) is 31.9 Å². The van der Waals surface area contributed by atoms with Crippen LogP contribution in [-0.4, -0.2) is 218 Å². The maximum atomic E-state index is 14.1. The van der Waals surface area contributed by atoms with Gasteiger partial charge >= 0.3 is 5.97 Å². The number of hydrogen-bond donors (Lipinski definition) is 21. The van der Waals surface area contributed by atoms with Crippen molar-refractivity contribution in [3.8, 4) is 5.75 Å². The zero-order valence-electron chi connectivity index (χ0n) is 49.5. The summed E-state index contributed by atoms with van der Waals surface area (Å²) in [7, 11) is 0. The Balaban J connectivity index is 1.77. The number of guanidine groups is 1. The summed E-state index contributed by atoms with van der Waals surface area (Å²) in [6.07, 6.45) is 1.74. The van der Waals surface area contributed by atoms with Crippen molar-refractivity contribution in [2.45, 2.75) is 126 Å². The van der Waals surface area contributed by atoms with Gasteiger partial charge in [-0.1, -0.05) is 44.2 Å². The van der Waals surface area contributed by atoms with Gasteiger partial charge in [-0.15, -0.1) is 0 Å². The van der Waals surface area contributed by atoms with E-state index < -0.39 is 151 Å². The number of aromatic hydroxyl groups is 1. The van der Waals surface area contributed by atoms with E-state index in [1.165, 1.54) is 36.0 Å². The van der Waals surface area contributed by atoms with Crippen LogP contribution in [0.4, 0.5) is 0 Å².